The molecule has 4 rings (SSSR count). The van der Waals surface area contributed by atoms with Gasteiger partial charge in [0.2, 0.25) is 0 Å². The number of nitrogens with one attached hydrogen (secondary N) is 1. The fourth-order valence-electron chi connectivity index (χ4n) is 5.19. The largest absolute Gasteiger partial charge is 0.507 e. The molecule has 6 nitrogen and oxygen atoms in total. The quantitative estimate of drug-likeness (QED) is 0.375. The SMILES string of the molecule is CC(C)(C)c1cc(CCc2ccccc2NC(=O)N2CCN(C(=O)c3ccccc3)CC2)cc(C(C)(C)C)c1O. The number of nitrogens with zero attached hydrogens (tertiary/aromatic N) is 2. The van der Waals surface area contributed by atoms with E-state index in [1.807, 2.05) is 53.4 Å². The highest BCUT2D eigenvalue weighted by molar-refractivity contribution is 5.94. The van der Waals surface area contributed by atoms with Crippen LogP contribution < -0.4 is 5.32 Å². The van der Waals surface area contributed by atoms with Crippen LogP contribution in [-0.4, -0.2) is 53.0 Å². The summed E-state index contributed by atoms with van der Waals surface area (Å²) in [5, 5.41) is 14.2. The van der Waals surface area contributed by atoms with Crippen molar-refractivity contribution in [3.63, 3.8) is 0 Å². The number of amides is 3. The summed E-state index contributed by atoms with van der Waals surface area (Å²) in [6, 6.07) is 21.3. The van der Waals surface area contributed by atoms with Gasteiger partial charge in [0.25, 0.3) is 5.91 Å². The third-order valence-electron chi connectivity index (χ3n) is 7.60. The number of aryl methyl sites for hydroxylation is 2. The van der Waals surface area contributed by atoms with Gasteiger partial charge >= 0.3 is 6.03 Å². The number of phenolic OH excluding ortho intramolecular Hbond substituents is 1. The molecule has 3 aromatic rings. The number of para-hydroxylation sites is 1. The molecule has 212 valence electrons. The van der Waals surface area contributed by atoms with E-state index >= 15 is 0 Å². The molecule has 1 heterocycles. The molecule has 0 unspecified atom stereocenters. The van der Waals surface area contributed by atoms with Crippen molar-refractivity contribution in [3.8, 4) is 5.75 Å². The van der Waals surface area contributed by atoms with Crippen LogP contribution in [0.5, 0.6) is 5.75 Å². The molecular weight excluding hydrogens is 498 g/mol. The number of hydrogen-bond acceptors (Lipinski definition) is 3. The highest BCUT2D eigenvalue weighted by Gasteiger charge is 2.27. The minimum Gasteiger partial charge on any atom is -0.507 e. The Morgan fingerprint density at radius 3 is 1.85 bits per heavy atom. The number of rotatable bonds is 5. The van der Waals surface area contributed by atoms with E-state index in [9.17, 15) is 14.7 Å². The van der Waals surface area contributed by atoms with E-state index in [0.717, 1.165) is 35.2 Å². The van der Waals surface area contributed by atoms with Crippen molar-refractivity contribution < 1.29 is 14.7 Å². The molecule has 40 heavy (non-hydrogen) atoms. The van der Waals surface area contributed by atoms with E-state index in [-0.39, 0.29) is 22.8 Å². The fourth-order valence-corrected chi connectivity index (χ4v) is 5.19. The predicted octanol–water partition coefficient (Wildman–Crippen LogP) is 6.76. The summed E-state index contributed by atoms with van der Waals surface area (Å²) < 4.78 is 0. The molecule has 0 radical (unpaired) electrons. The first-order valence-electron chi connectivity index (χ1n) is 14.2. The van der Waals surface area contributed by atoms with Crippen molar-refractivity contribution in [2.75, 3.05) is 31.5 Å². The third-order valence-corrected chi connectivity index (χ3v) is 7.60. The van der Waals surface area contributed by atoms with Crippen LogP contribution in [0.15, 0.2) is 66.7 Å². The monoisotopic (exact) mass is 541 g/mol. The molecule has 0 spiro atoms. The lowest BCUT2D eigenvalue weighted by molar-refractivity contribution is 0.0671. The molecule has 1 aliphatic heterocycles. The van der Waals surface area contributed by atoms with Crippen molar-refractivity contribution in [2.24, 2.45) is 0 Å². The zero-order chi connectivity index (χ0) is 29.1. The van der Waals surface area contributed by atoms with Gasteiger partial charge in [-0.1, -0.05) is 90.1 Å². The Morgan fingerprint density at radius 1 is 0.750 bits per heavy atom. The molecule has 1 aliphatic rings. The Labute approximate surface area is 239 Å². The maximum Gasteiger partial charge on any atom is 0.321 e. The Bertz CT molecular complexity index is 1310. The zero-order valence-electron chi connectivity index (χ0n) is 24.8. The number of hydrogen-bond donors (Lipinski definition) is 2. The van der Waals surface area contributed by atoms with Gasteiger partial charge in [-0.2, -0.15) is 0 Å². The van der Waals surface area contributed by atoms with E-state index in [4.69, 9.17) is 0 Å². The van der Waals surface area contributed by atoms with Crippen molar-refractivity contribution in [1.29, 1.82) is 0 Å². The standard InChI is InChI=1S/C34H43N3O3/c1-33(2,3)27-22-24(23-28(30(27)38)34(4,5)6)16-17-25-12-10-11-15-29(25)35-32(40)37-20-18-36(19-21-37)31(39)26-13-8-7-9-14-26/h7-15,22-23,38H,16-21H2,1-6H3,(H,35,40). The molecule has 1 saturated heterocycles. The summed E-state index contributed by atoms with van der Waals surface area (Å²) in [5.74, 6) is 0.395. The maximum absolute atomic E-state index is 13.2. The highest BCUT2D eigenvalue weighted by Crippen LogP contribution is 2.40. The minimum atomic E-state index is -0.179. The van der Waals surface area contributed by atoms with Gasteiger partial charge in [-0.05, 0) is 64.1 Å². The molecule has 0 atom stereocenters. The average molecular weight is 542 g/mol. The second-order valence-corrected chi connectivity index (χ2v) is 12.8. The number of phenols is 1. The lowest BCUT2D eigenvalue weighted by Gasteiger charge is -2.35. The molecule has 0 bridgehead atoms. The summed E-state index contributed by atoms with van der Waals surface area (Å²) >= 11 is 0. The van der Waals surface area contributed by atoms with Crippen LogP contribution in [0.1, 0.15) is 74.2 Å². The molecule has 3 amide bonds. The van der Waals surface area contributed by atoms with E-state index in [1.165, 1.54) is 5.56 Å². The maximum atomic E-state index is 13.2. The molecule has 0 aromatic heterocycles. The van der Waals surface area contributed by atoms with Crippen LogP contribution in [0.3, 0.4) is 0 Å². The number of benzene rings is 3. The van der Waals surface area contributed by atoms with Crippen LogP contribution in [0.25, 0.3) is 0 Å². The summed E-state index contributed by atoms with van der Waals surface area (Å²) in [6.07, 6.45) is 1.55. The predicted molar refractivity (Wildman–Crippen MR) is 162 cm³/mol. The smallest absolute Gasteiger partial charge is 0.321 e. The number of urea groups is 1. The normalized spacial score (nSPS) is 14.2. The number of piperazine rings is 1. The van der Waals surface area contributed by atoms with Crippen molar-refractivity contribution in [2.45, 2.75) is 65.2 Å². The van der Waals surface area contributed by atoms with Gasteiger partial charge in [-0.15, -0.1) is 0 Å². The van der Waals surface area contributed by atoms with Crippen LogP contribution in [0, 0.1) is 0 Å². The zero-order valence-corrected chi connectivity index (χ0v) is 24.8. The Hall–Kier alpha value is -3.80. The van der Waals surface area contributed by atoms with E-state index in [1.54, 1.807) is 4.90 Å². The van der Waals surface area contributed by atoms with Crippen molar-refractivity contribution >= 4 is 17.6 Å². The molecule has 0 saturated carbocycles. The second-order valence-electron chi connectivity index (χ2n) is 12.8. The van der Waals surface area contributed by atoms with Crippen molar-refractivity contribution in [3.05, 3.63) is 94.5 Å². The van der Waals surface area contributed by atoms with Crippen molar-refractivity contribution in [1.82, 2.24) is 9.80 Å². The van der Waals surface area contributed by atoms with Gasteiger partial charge < -0.3 is 20.2 Å². The lowest BCUT2D eigenvalue weighted by Crippen LogP contribution is -2.51. The summed E-state index contributed by atoms with van der Waals surface area (Å²) in [4.78, 5) is 29.5. The summed E-state index contributed by atoms with van der Waals surface area (Å²) in [5.41, 5.74) is 5.28. The fraction of sp³-hybridized carbons (Fsp3) is 0.412. The van der Waals surface area contributed by atoms with Crippen LogP contribution in [-0.2, 0) is 23.7 Å². The number of aromatic hydroxyl groups is 1. The first-order valence-corrected chi connectivity index (χ1v) is 14.2. The molecule has 1 fully saturated rings. The molecule has 3 aromatic carbocycles. The Morgan fingerprint density at radius 2 is 1.27 bits per heavy atom. The average Bonchev–Trinajstić information content (AvgIpc) is 2.92. The molecule has 0 aliphatic carbocycles. The van der Waals surface area contributed by atoms with Crippen LogP contribution in [0.4, 0.5) is 10.5 Å². The van der Waals surface area contributed by atoms with E-state index < -0.39 is 0 Å². The number of anilines is 1. The Balaban J connectivity index is 1.42. The first kappa shape index (κ1) is 29.2. The van der Waals surface area contributed by atoms with Gasteiger partial charge in [0.1, 0.15) is 5.75 Å². The lowest BCUT2D eigenvalue weighted by atomic mass is 9.78. The Kier molecular flexibility index (Phi) is 8.57. The molecule has 2 N–H and O–H groups in total. The minimum absolute atomic E-state index is 0.00414. The van der Waals surface area contributed by atoms with E-state index in [0.29, 0.717) is 37.5 Å². The molecular formula is C34H43N3O3. The highest BCUT2D eigenvalue weighted by atomic mass is 16.3. The van der Waals surface area contributed by atoms with Crippen LogP contribution in [0.2, 0.25) is 0 Å². The summed E-state index contributed by atoms with van der Waals surface area (Å²) in [7, 11) is 0. The van der Waals surface area contributed by atoms with Gasteiger partial charge in [0, 0.05) is 37.4 Å². The summed E-state index contributed by atoms with van der Waals surface area (Å²) in [6.45, 7) is 14.8. The molecule has 6 heteroatoms. The first-order chi connectivity index (χ1) is 18.8. The number of carbonyl (C=O) groups is 2. The second kappa shape index (κ2) is 11.7. The van der Waals surface area contributed by atoms with Gasteiger partial charge in [0.05, 0.1) is 0 Å². The topological polar surface area (TPSA) is 72.9 Å². The van der Waals surface area contributed by atoms with Gasteiger partial charge in [-0.3, -0.25) is 4.79 Å². The third kappa shape index (κ3) is 6.85. The van der Waals surface area contributed by atoms with E-state index in [2.05, 4.69) is 65.1 Å². The van der Waals surface area contributed by atoms with Gasteiger partial charge in [0.15, 0.2) is 0 Å². The van der Waals surface area contributed by atoms with Gasteiger partial charge in [-0.25, -0.2) is 4.79 Å². The number of carbonyl (C=O) groups excluding carboxylic acids is 2. The van der Waals surface area contributed by atoms with Crippen LogP contribution >= 0.6 is 0 Å².